The zero-order valence-electron chi connectivity index (χ0n) is 14.6. The molecule has 1 aliphatic rings. The Morgan fingerprint density at radius 2 is 1.83 bits per heavy atom. The Balaban J connectivity index is 0.00000288. The number of nitrogens with zero attached hydrogens (tertiary/aromatic N) is 1. The lowest BCUT2D eigenvalue weighted by Crippen LogP contribution is -3.00. The van der Waals surface area contributed by atoms with Crippen LogP contribution in [0.25, 0.3) is 0 Å². The lowest BCUT2D eigenvalue weighted by Gasteiger charge is -2.35. The molecule has 136 valence electrons. The minimum atomic E-state index is -0.521. The molecule has 0 amide bonds. The number of halogens is 1. The highest BCUT2D eigenvalue weighted by Gasteiger charge is 2.23. The number of carbonyl (C=O) groups excluding carboxylic acids is 1. The molecule has 1 aromatic rings. The highest BCUT2D eigenvalue weighted by molar-refractivity contribution is 5.89. The third-order valence-electron chi connectivity index (χ3n) is 4.13. The molecule has 1 fully saturated rings. The third-order valence-corrected chi connectivity index (χ3v) is 4.13. The van der Waals surface area contributed by atoms with Gasteiger partial charge in [-0.25, -0.2) is 4.79 Å². The maximum absolute atomic E-state index is 11.4. The van der Waals surface area contributed by atoms with Crippen LogP contribution < -0.4 is 17.1 Å². The van der Waals surface area contributed by atoms with Crippen LogP contribution in [0.2, 0.25) is 0 Å². The number of esters is 1. The largest absolute Gasteiger partial charge is 1.00 e. The number of aliphatic hydroxyl groups is 1. The number of hydrogen-bond acceptors (Lipinski definition) is 5. The van der Waals surface area contributed by atoms with Crippen LogP contribution in [0.5, 0.6) is 5.75 Å². The van der Waals surface area contributed by atoms with Gasteiger partial charge in [0.2, 0.25) is 0 Å². The fourth-order valence-corrected chi connectivity index (χ4v) is 3.29. The number of β-amino-alcohol motifs (C(OH)–C–C–N with tert-alkyl or cyclic N) is 1. The molecule has 6 heteroatoms. The predicted molar refractivity (Wildman–Crippen MR) is 88.7 cm³/mol. The molecular weight excluding hydrogens is 330 g/mol. The summed E-state index contributed by atoms with van der Waals surface area (Å²) in [5.74, 6) is 1.62. The standard InChI is InChI=1S/C18H27NO4.ClH/c1-13-8-14(2)10-19(9-13)11-16(20)12-23-17-6-4-15(5-7-17)18(21)22-3;/h4-7,13-14,16,20H,8-12H2,1-3H3;1H/p-1. The van der Waals surface area contributed by atoms with E-state index in [2.05, 4.69) is 23.5 Å². The van der Waals surface area contributed by atoms with Gasteiger partial charge in [0.15, 0.2) is 0 Å². The Hall–Kier alpha value is -1.30. The first-order chi connectivity index (χ1) is 11.0. The Labute approximate surface area is 150 Å². The van der Waals surface area contributed by atoms with Crippen molar-refractivity contribution in [3.05, 3.63) is 29.8 Å². The second-order valence-electron chi connectivity index (χ2n) is 6.65. The summed E-state index contributed by atoms with van der Waals surface area (Å²) in [6.45, 7) is 7.47. The average Bonchev–Trinajstić information content (AvgIpc) is 2.51. The van der Waals surface area contributed by atoms with Crippen LogP contribution >= 0.6 is 0 Å². The zero-order valence-corrected chi connectivity index (χ0v) is 15.3. The molecule has 5 nitrogen and oxygen atoms in total. The Bertz CT molecular complexity index is 498. The van der Waals surface area contributed by atoms with Gasteiger partial charge in [0.25, 0.3) is 0 Å². The van der Waals surface area contributed by atoms with E-state index in [9.17, 15) is 9.90 Å². The molecule has 1 N–H and O–H groups in total. The molecule has 3 unspecified atom stereocenters. The van der Waals surface area contributed by atoms with Crippen molar-refractivity contribution in [1.82, 2.24) is 4.90 Å². The summed E-state index contributed by atoms with van der Waals surface area (Å²) in [7, 11) is 1.35. The van der Waals surface area contributed by atoms with Crippen molar-refractivity contribution in [2.75, 3.05) is 33.4 Å². The van der Waals surface area contributed by atoms with E-state index in [4.69, 9.17) is 4.74 Å². The lowest BCUT2D eigenvalue weighted by molar-refractivity contribution is -0.0000234. The molecule has 1 aromatic carbocycles. The molecular formula is C18H27ClNO4-. The number of ether oxygens (including phenoxy) is 2. The van der Waals surface area contributed by atoms with Crippen molar-refractivity contribution in [2.24, 2.45) is 11.8 Å². The first-order valence-electron chi connectivity index (χ1n) is 8.19. The SMILES string of the molecule is COC(=O)c1ccc(OCC(O)CN2CC(C)CC(C)C2)cc1.[Cl-]. The van der Waals surface area contributed by atoms with Crippen molar-refractivity contribution in [1.29, 1.82) is 0 Å². The van der Waals surface area contributed by atoms with E-state index in [1.807, 2.05) is 0 Å². The Kier molecular flexibility index (Phi) is 8.53. The minimum absolute atomic E-state index is 0. The smallest absolute Gasteiger partial charge is 0.337 e. The van der Waals surface area contributed by atoms with Crippen molar-refractivity contribution >= 4 is 5.97 Å². The fourth-order valence-electron chi connectivity index (χ4n) is 3.29. The summed E-state index contributed by atoms with van der Waals surface area (Å²) in [4.78, 5) is 13.7. The second-order valence-corrected chi connectivity index (χ2v) is 6.65. The van der Waals surface area contributed by atoms with Gasteiger partial charge in [-0.05, 0) is 42.5 Å². The number of methoxy groups -OCH3 is 1. The fraction of sp³-hybridized carbons (Fsp3) is 0.611. The summed E-state index contributed by atoms with van der Waals surface area (Å²) in [5, 5.41) is 10.2. The van der Waals surface area contributed by atoms with Crippen LogP contribution in [-0.2, 0) is 4.74 Å². The third kappa shape index (κ3) is 6.30. The maximum atomic E-state index is 11.4. The van der Waals surface area contributed by atoms with E-state index < -0.39 is 6.10 Å². The molecule has 1 saturated heterocycles. The summed E-state index contributed by atoms with van der Waals surface area (Å²) >= 11 is 0. The van der Waals surface area contributed by atoms with Gasteiger partial charge in [0.05, 0.1) is 12.7 Å². The van der Waals surface area contributed by atoms with E-state index in [0.29, 0.717) is 29.7 Å². The van der Waals surface area contributed by atoms with Gasteiger partial charge in [-0.1, -0.05) is 13.8 Å². The monoisotopic (exact) mass is 356 g/mol. The summed E-state index contributed by atoms with van der Waals surface area (Å²) in [6.07, 6.45) is 0.739. The van der Waals surface area contributed by atoms with Gasteiger partial charge in [-0.2, -0.15) is 0 Å². The molecule has 0 saturated carbocycles. The molecule has 0 bridgehead atoms. The van der Waals surface area contributed by atoms with Gasteiger partial charge < -0.3 is 31.9 Å². The number of likely N-dealkylation sites (tertiary alicyclic amines) is 1. The topological polar surface area (TPSA) is 59.0 Å². The van der Waals surface area contributed by atoms with Crippen LogP contribution in [0.1, 0.15) is 30.6 Å². The van der Waals surface area contributed by atoms with E-state index in [1.165, 1.54) is 13.5 Å². The maximum Gasteiger partial charge on any atom is 0.337 e. The van der Waals surface area contributed by atoms with Crippen LogP contribution in [0.15, 0.2) is 24.3 Å². The molecule has 2 rings (SSSR count). The normalized spacial score (nSPS) is 22.3. The zero-order chi connectivity index (χ0) is 16.8. The molecule has 1 aliphatic heterocycles. The first-order valence-corrected chi connectivity index (χ1v) is 8.19. The van der Waals surface area contributed by atoms with Crippen LogP contribution in [0.3, 0.4) is 0 Å². The molecule has 0 radical (unpaired) electrons. The molecule has 24 heavy (non-hydrogen) atoms. The van der Waals surface area contributed by atoms with Crippen LogP contribution in [0.4, 0.5) is 0 Å². The number of rotatable bonds is 6. The van der Waals surface area contributed by atoms with E-state index >= 15 is 0 Å². The average molecular weight is 357 g/mol. The number of hydrogen-bond donors (Lipinski definition) is 1. The van der Waals surface area contributed by atoms with Crippen LogP contribution in [-0.4, -0.2) is 55.4 Å². The van der Waals surface area contributed by atoms with Gasteiger partial charge in [-0.15, -0.1) is 0 Å². The van der Waals surface area contributed by atoms with Crippen LogP contribution in [0, 0.1) is 11.8 Å². The number of carbonyl (C=O) groups is 1. The predicted octanol–water partition coefficient (Wildman–Crippen LogP) is -0.805. The van der Waals surface area contributed by atoms with Crippen molar-refractivity contribution in [3.8, 4) is 5.75 Å². The molecule has 0 aromatic heterocycles. The van der Waals surface area contributed by atoms with Gasteiger partial charge in [0.1, 0.15) is 18.5 Å². The highest BCUT2D eigenvalue weighted by Crippen LogP contribution is 2.21. The summed E-state index contributed by atoms with van der Waals surface area (Å²) in [6, 6.07) is 6.73. The molecule has 0 aliphatic carbocycles. The number of aliphatic hydroxyl groups excluding tert-OH is 1. The molecule has 0 spiro atoms. The minimum Gasteiger partial charge on any atom is -1.00 e. The van der Waals surface area contributed by atoms with Gasteiger partial charge in [-0.3, -0.25) is 0 Å². The van der Waals surface area contributed by atoms with E-state index in [1.54, 1.807) is 24.3 Å². The van der Waals surface area contributed by atoms with Gasteiger partial charge >= 0.3 is 5.97 Å². The van der Waals surface area contributed by atoms with E-state index in [-0.39, 0.29) is 25.0 Å². The number of piperidine rings is 1. The van der Waals surface area contributed by atoms with Crippen molar-refractivity contribution in [2.45, 2.75) is 26.4 Å². The van der Waals surface area contributed by atoms with Crippen molar-refractivity contribution in [3.63, 3.8) is 0 Å². The molecule has 1 heterocycles. The quantitative estimate of drug-likeness (QED) is 0.676. The molecule has 3 atom stereocenters. The first kappa shape index (κ1) is 20.7. The Morgan fingerprint density at radius 1 is 1.25 bits per heavy atom. The summed E-state index contributed by atoms with van der Waals surface area (Å²) < 4.78 is 10.3. The second kappa shape index (κ2) is 9.87. The Morgan fingerprint density at radius 3 is 2.38 bits per heavy atom. The van der Waals surface area contributed by atoms with E-state index in [0.717, 1.165) is 13.1 Å². The number of benzene rings is 1. The lowest BCUT2D eigenvalue weighted by atomic mass is 9.92. The van der Waals surface area contributed by atoms with Gasteiger partial charge in [0, 0.05) is 19.6 Å². The van der Waals surface area contributed by atoms with Crippen molar-refractivity contribution < 1.29 is 31.8 Å². The summed E-state index contributed by atoms with van der Waals surface area (Å²) in [5.41, 5.74) is 0.483. The highest BCUT2D eigenvalue weighted by atomic mass is 35.5.